The molecule has 0 aromatic heterocycles. The van der Waals surface area contributed by atoms with E-state index in [4.69, 9.17) is 4.74 Å². The minimum Gasteiger partial charge on any atom is -0.496 e. The lowest BCUT2D eigenvalue weighted by Crippen LogP contribution is -2.17. The van der Waals surface area contributed by atoms with Gasteiger partial charge in [-0.3, -0.25) is 4.79 Å². The van der Waals surface area contributed by atoms with E-state index in [1.54, 1.807) is 25.5 Å². The van der Waals surface area contributed by atoms with Gasteiger partial charge in [-0.05, 0) is 41.3 Å². The van der Waals surface area contributed by atoms with Crippen LogP contribution in [-0.4, -0.2) is 19.2 Å². The Bertz CT molecular complexity index is 701. The van der Waals surface area contributed by atoms with E-state index < -0.39 is 0 Å². The van der Waals surface area contributed by atoms with Crippen molar-refractivity contribution in [2.24, 2.45) is 5.10 Å². The molecular formula is C19H22N2O2. The summed E-state index contributed by atoms with van der Waals surface area (Å²) in [5.74, 6) is 0.620. The number of hydrogen-bond donors (Lipinski definition) is 1. The Morgan fingerprint density at radius 2 is 1.83 bits per heavy atom. The first-order valence-electron chi connectivity index (χ1n) is 7.49. The number of nitrogens with zero attached hydrogens (tertiary/aromatic N) is 1. The summed E-state index contributed by atoms with van der Waals surface area (Å²) < 4.78 is 5.41. The summed E-state index contributed by atoms with van der Waals surface area (Å²) >= 11 is 0. The molecule has 1 amide bonds. The third kappa shape index (κ3) is 4.42. The average molecular weight is 310 g/mol. The summed E-state index contributed by atoms with van der Waals surface area (Å²) in [4.78, 5) is 11.9. The molecule has 2 aromatic rings. The molecular weight excluding hydrogens is 288 g/mol. The van der Waals surface area contributed by atoms with Crippen LogP contribution in [0.25, 0.3) is 0 Å². The van der Waals surface area contributed by atoms with Crippen molar-refractivity contribution in [1.82, 2.24) is 5.43 Å². The van der Waals surface area contributed by atoms with Crippen LogP contribution in [0.5, 0.6) is 5.75 Å². The topological polar surface area (TPSA) is 50.7 Å². The van der Waals surface area contributed by atoms with Gasteiger partial charge in [0.25, 0.3) is 5.91 Å². The standard InChI is InChI=1S/C19H22N2O2/c1-19(2,3)16-12-14(10-11-17(16)23-4)13-20-21-18(22)15-8-6-5-7-9-15/h5-13H,1-4H3,(H,21,22)/b20-13-. The number of ether oxygens (including phenoxy) is 1. The van der Waals surface area contributed by atoms with E-state index in [1.807, 2.05) is 36.4 Å². The molecule has 0 saturated heterocycles. The minimum atomic E-state index is -0.230. The van der Waals surface area contributed by atoms with Crippen LogP contribution < -0.4 is 10.2 Å². The Balaban J connectivity index is 2.13. The zero-order valence-corrected chi connectivity index (χ0v) is 14.0. The smallest absolute Gasteiger partial charge is 0.271 e. The Labute approximate surface area is 137 Å². The van der Waals surface area contributed by atoms with Gasteiger partial charge in [-0.15, -0.1) is 0 Å². The molecule has 0 unspecified atom stereocenters. The van der Waals surface area contributed by atoms with Crippen molar-refractivity contribution in [2.75, 3.05) is 7.11 Å². The van der Waals surface area contributed by atoms with Gasteiger partial charge in [0, 0.05) is 11.1 Å². The summed E-state index contributed by atoms with van der Waals surface area (Å²) in [6.45, 7) is 6.38. The lowest BCUT2D eigenvalue weighted by molar-refractivity contribution is 0.0955. The van der Waals surface area contributed by atoms with E-state index in [9.17, 15) is 4.79 Å². The molecule has 0 fully saturated rings. The van der Waals surface area contributed by atoms with Crippen LogP contribution in [0.3, 0.4) is 0 Å². The molecule has 0 aliphatic rings. The molecule has 1 N–H and O–H groups in total. The molecule has 2 rings (SSSR count). The molecule has 4 heteroatoms. The predicted molar refractivity (Wildman–Crippen MR) is 93.2 cm³/mol. The Morgan fingerprint density at radius 3 is 2.43 bits per heavy atom. The first-order chi connectivity index (χ1) is 10.9. The highest BCUT2D eigenvalue weighted by atomic mass is 16.5. The van der Waals surface area contributed by atoms with Crippen molar-refractivity contribution >= 4 is 12.1 Å². The molecule has 0 atom stereocenters. The van der Waals surface area contributed by atoms with Gasteiger partial charge in [-0.1, -0.05) is 39.0 Å². The molecule has 0 aliphatic carbocycles. The fourth-order valence-electron chi connectivity index (χ4n) is 2.21. The molecule has 2 aromatic carbocycles. The number of rotatable bonds is 4. The fraction of sp³-hybridized carbons (Fsp3) is 0.263. The van der Waals surface area contributed by atoms with Crippen molar-refractivity contribution in [3.8, 4) is 5.75 Å². The second kappa shape index (κ2) is 7.09. The molecule has 0 saturated carbocycles. The summed E-state index contributed by atoms with van der Waals surface area (Å²) in [6.07, 6.45) is 1.63. The number of amides is 1. The number of carbonyl (C=O) groups excluding carboxylic acids is 1. The van der Waals surface area contributed by atoms with Crippen LogP contribution in [0.15, 0.2) is 53.6 Å². The third-order valence-corrected chi connectivity index (χ3v) is 3.45. The van der Waals surface area contributed by atoms with Gasteiger partial charge in [0.2, 0.25) is 0 Å². The maximum atomic E-state index is 11.9. The number of nitrogens with one attached hydrogen (secondary N) is 1. The van der Waals surface area contributed by atoms with Crippen molar-refractivity contribution in [2.45, 2.75) is 26.2 Å². The first-order valence-corrected chi connectivity index (χ1v) is 7.49. The van der Waals surface area contributed by atoms with E-state index in [2.05, 4.69) is 31.3 Å². The van der Waals surface area contributed by atoms with Gasteiger partial charge in [-0.2, -0.15) is 5.10 Å². The Morgan fingerprint density at radius 1 is 1.13 bits per heavy atom. The lowest BCUT2D eigenvalue weighted by atomic mass is 9.85. The predicted octanol–water partition coefficient (Wildman–Crippen LogP) is 3.76. The maximum absolute atomic E-state index is 11.9. The summed E-state index contributed by atoms with van der Waals surface area (Å²) in [5, 5.41) is 4.03. The number of benzene rings is 2. The monoisotopic (exact) mass is 310 g/mol. The largest absolute Gasteiger partial charge is 0.496 e. The highest BCUT2D eigenvalue weighted by molar-refractivity contribution is 5.94. The van der Waals surface area contributed by atoms with Crippen molar-refractivity contribution in [3.63, 3.8) is 0 Å². The van der Waals surface area contributed by atoms with Crippen molar-refractivity contribution in [1.29, 1.82) is 0 Å². The van der Waals surface area contributed by atoms with Crippen molar-refractivity contribution in [3.05, 3.63) is 65.2 Å². The van der Waals surface area contributed by atoms with Crippen LogP contribution in [0, 0.1) is 0 Å². The van der Waals surface area contributed by atoms with Crippen molar-refractivity contribution < 1.29 is 9.53 Å². The van der Waals surface area contributed by atoms with E-state index in [0.717, 1.165) is 16.9 Å². The zero-order valence-electron chi connectivity index (χ0n) is 14.0. The summed E-state index contributed by atoms with van der Waals surface area (Å²) in [7, 11) is 1.67. The molecule has 0 bridgehead atoms. The van der Waals surface area contributed by atoms with Gasteiger partial charge < -0.3 is 4.74 Å². The minimum absolute atomic E-state index is 0.0392. The normalized spacial score (nSPS) is 11.5. The van der Waals surface area contributed by atoms with E-state index in [0.29, 0.717) is 5.56 Å². The third-order valence-electron chi connectivity index (χ3n) is 3.45. The number of hydrogen-bond acceptors (Lipinski definition) is 3. The Hall–Kier alpha value is -2.62. The molecule has 120 valence electrons. The number of carbonyl (C=O) groups is 1. The van der Waals surface area contributed by atoms with Crippen LogP contribution in [-0.2, 0) is 5.41 Å². The first kappa shape index (κ1) is 16.7. The quantitative estimate of drug-likeness (QED) is 0.690. The van der Waals surface area contributed by atoms with E-state index in [-0.39, 0.29) is 11.3 Å². The van der Waals surface area contributed by atoms with Gasteiger partial charge >= 0.3 is 0 Å². The summed E-state index contributed by atoms with van der Waals surface area (Å²) in [5.41, 5.74) is 5.08. The fourth-order valence-corrected chi connectivity index (χ4v) is 2.21. The van der Waals surface area contributed by atoms with Gasteiger partial charge in [-0.25, -0.2) is 5.43 Å². The summed E-state index contributed by atoms with van der Waals surface area (Å²) in [6, 6.07) is 14.8. The molecule has 4 nitrogen and oxygen atoms in total. The maximum Gasteiger partial charge on any atom is 0.271 e. The van der Waals surface area contributed by atoms with E-state index in [1.165, 1.54) is 0 Å². The molecule has 0 aliphatic heterocycles. The molecule has 0 heterocycles. The second-order valence-corrected chi connectivity index (χ2v) is 6.27. The highest BCUT2D eigenvalue weighted by Crippen LogP contribution is 2.31. The lowest BCUT2D eigenvalue weighted by Gasteiger charge is -2.22. The van der Waals surface area contributed by atoms with Crippen LogP contribution >= 0.6 is 0 Å². The van der Waals surface area contributed by atoms with Crippen LogP contribution in [0.4, 0.5) is 0 Å². The van der Waals surface area contributed by atoms with Crippen LogP contribution in [0.1, 0.15) is 42.3 Å². The van der Waals surface area contributed by atoms with Gasteiger partial charge in [0.05, 0.1) is 13.3 Å². The van der Waals surface area contributed by atoms with E-state index >= 15 is 0 Å². The number of methoxy groups -OCH3 is 1. The average Bonchev–Trinajstić information content (AvgIpc) is 2.54. The van der Waals surface area contributed by atoms with Gasteiger partial charge in [0.15, 0.2) is 0 Å². The van der Waals surface area contributed by atoms with Crippen LogP contribution in [0.2, 0.25) is 0 Å². The molecule has 0 radical (unpaired) electrons. The highest BCUT2D eigenvalue weighted by Gasteiger charge is 2.18. The molecule has 0 spiro atoms. The second-order valence-electron chi connectivity index (χ2n) is 6.27. The SMILES string of the molecule is COc1ccc(/C=N\NC(=O)c2ccccc2)cc1C(C)(C)C. The molecule has 23 heavy (non-hydrogen) atoms. The number of hydrazone groups is 1. The zero-order chi connectivity index (χ0) is 16.9. The Kier molecular flexibility index (Phi) is 5.16. The van der Waals surface area contributed by atoms with Gasteiger partial charge in [0.1, 0.15) is 5.75 Å².